The van der Waals surface area contributed by atoms with E-state index in [1.54, 1.807) is 11.6 Å². The number of piperidine rings is 1. The number of halogens is 1. The Bertz CT molecular complexity index is 1070. The predicted octanol–water partition coefficient (Wildman–Crippen LogP) is 1.99. The molecule has 0 aliphatic carbocycles. The summed E-state index contributed by atoms with van der Waals surface area (Å²) in [7, 11) is -2.00. The fourth-order valence-electron chi connectivity index (χ4n) is 3.50. The molecule has 8 nitrogen and oxygen atoms in total. The summed E-state index contributed by atoms with van der Waals surface area (Å²) >= 11 is 6.08. The number of pyridine rings is 1. The Labute approximate surface area is 156 Å². The molecule has 3 aromatic rings. The highest BCUT2D eigenvalue weighted by Gasteiger charge is 2.33. The molecule has 138 valence electrons. The molecule has 0 amide bonds. The van der Waals surface area contributed by atoms with Gasteiger partial charge in [-0.25, -0.2) is 22.9 Å². The molecule has 0 saturated carbocycles. The SMILES string of the molecule is Cc1cc2ncnn2cc1C1CCN(S(=O)(=O)c2ncn(C)c2Cl)CC1. The number of hydrogen-bond acceptors (Lipinski definition) is 5. The van der Waals surface area contributed by atoms with Crippen molar-refractivity contribution in [1.82, 2.24) is 28.5 Å². The van der Waals surface area contributed by atoms with Gasteiger partial charge in [-0.3, -0.25) is 0 Å². The zero-order valence-corrected chi connectivity index (χ0v) is 16.1. The summed E-state index contributed by atoms with van der Waals surface area (Å²) in [5.74, 6) is 0.286. The van der Waals surface area contributed by atoms with Crippen LogP contribution in [-0.4, -0.2) is 50.0 Å². The Kier molecular flexibility index (Phi) is 4.25. The maximum absolute atomic E-state index is 12.8. The molecule has 0 unspecified atom stereocenters. The Morgan fingerprint density at radius 3 is 2.62 bits per heavy atom. The van der Waals surface area contributed by atoms with Gasteiger partial charge in [-0.05, 0) is 42.9 Å². The summed E-state index contributed by atoms with van der Waals surface area (Å²) in [6.45, 7) is 2.93. The molecule has 1 aliphatic heterocycles. The Morgan fingerprint density at radius 1 is 1.23 bits per heavy atom. The van der Waals surface area contributed by atoms with Crippen LogP contribution in [0.5, 0.6) is 0 Å². The van der Waals surface area contributed by atoms with Crippen molar-refractivity contribution in [1.29, 1.82) is 0 Å². The van der Waals surface area contributed by atoms with Crippen molar-refractivity contribution in [3.05, 3.63) is 41.2 Å². The van der Waals surface area contributed by atoms with E-state index in [1.807, 2.05) is 12.3 Å². The summed E-state index contributed by atoms with van der Waals surface area (Å²) in [5, 5.41) is 4.26. The van der Waals surface area contributed by atoms with E-state index in [9.17, 15) is 8.42 Å². The number of nitrogens with zero attached hydrogens (tertiary/aromatic N) is 6. The third-order valence-corrected chi connectivity index (χ3v) is 7.37. The monoisotopic (exact) mass is 394 g/mol. The van der Waals surface area contributed by atoms with Crippen molar-refractivity contribution >= 4 is 27.3 Å². The first-order valence-corrected chi connectivity index (χ1v) is 10.2. The average molecular weight is 395 g/mol. The molecule has 3 aromatic heterocycles. The lowest BCUT2D eigenvalue weighted by atomic mass is 9.89. The number of aryl methyl sites for hydroxylation is 2. The fraction of sp³-hybridized carbons (Fsp3) is 0.438. The molecule has 26 heavy (non-hydrogen) atoms. The van der Waals surface area contributed by atoms with E-state index >= 15 is 0 Å². The van der Waals surface area contributed by atoms with Crippen LogP contribution in [0.1, 0.15) is 29.9 Å². The Balaban J connectivity index is 1.55. The molecular formula is C16H19ClN6O2S. The molecule has 0 bridgehead atoms. The number of fused-ring (bicyclic) bond motifs is 1. The standard InChI is InChI=1S/C16H19ClN6O2S/c1-11-7-14-18-9-20-23(14)8-13(11)12-3-5-22(6-4-12)26(24,25)16-15(17)21(2)10-19-16/h7-10,12H,3-6H2,1-2H3. The van der Waals surface area contributed by atoms with Crippen molar-refractivity contribution in [2.45, 2.75) is 30.7 Å². The third kappa shape index (κ3) is 2.80. The van der Waals surface area contributed by atoms with Gasteiger partial charge in [0.15, 0.2) is 5.65 Å². The molecular weight excluding hydrogens is 376 g/mol. The first-order chi connectivity index (χ1) is 12.4. The van der Waals surface area contributed by atoms with Crippen LogP contribution in [0.3, 0.4) is 0 Å². The minimum atomic E-state index is -3.67. The minimum absolute atomic E-state index is 0.0691. The zero-order valence-electron chi connectivity index (χ0n) is 14.5. The molecule has 0 radical (unpaired) electrons. The van der Waals surface area contributed by atoms with E-state index in [0.717, 1.165) is 24.1 Å². The van der Waals surface area contributed by atoms with Crippen molar-refractivity contribution in [3.63, 3.8) is 0 Å². The van der Waals surface area contributed by atoms with Crippen LogP contribution in [0.2, 0.25) is 5.15 Å². The molecule has 1 fully saturated rings. The highest BCUT2D eigenvalue weighted by Crippen LogP contribution is 2.33. The number of rotatable bonds is 3. The second-order valence-corrected chi connectivity index (χ2v) is 8.82. The van der Waals surface area contributed by atoms with Crippen LogP contribution in [-0.2, 0) is 17.1 Å². The van der Waals surface area contributed by atoms with Crippen molar-refractivity contribution in [3.8, 4) is 0 Å². The maximum Gasteiger partial charge on any atom is 0.263 e. The molecule has 10 heteroatoms. The van der Waals surface area contributed by atoms with Crippen LogP contribution in [0, 0.1) is 6.92 Å². The van der Waals surface area contributed by atoms with E-state index in [-0.39, 0.29) is 16.1 Å². The fourth-order valence-corrected chi connectivity index (χ4v) is 5.35. The second kappa shape index (κ2) is 6.33. The van der Waals surface area contributed by atoms with Gasteiger partial charge in [-0.1, -0.05) is 11.6 Å². The van der Waals surface area contributed by atoms with Crippen LogP contribution in [0.4, 0.5) is 0 Å². The smallest absolute Gasteiger partial charge is 0.263 e. The minimum Gasteiger partial charge on any atom is -0.324 e. The van der Waals surface area contributed by atoms with Gasteiger partial charge in [0.2, 0.25) is 5.03 Å². The van der Waals surface area contributed by atoms with Gasteiger partial charge >= 0.3 is 0 Å². The molecule has 0 spiro atoms. The second-order valence-electron chi connectivity index (χ2n) is 6.60. The lowest BCUT2D eigenvalue weighted by Gasteiger charge is -2.31. The summed E-state index contributed by atoms with van der Waals surface area (Å²) in [6, 6.07) is 2.01. The summed E-state index contributed by atoms with van der Waals surface area (Å²) in [5.41, 5.74) is 3.16. The number of imidazole rings is 1. The van der Waals surface area contributed by atoms with Gasteiger partial charge in [0.25, 0.3) is 10.0 Å². The van der Waals surface area contributed by atoms with Gasteiger partial charge in [0, 0.05) is 26.3 Å². The quantitative estimate of drug-likeness (QED) is 0.678. The molecule has 0 aromatic carbocycles. The highest BCUT2D eigenvalue weighted by molar-refractivity contribution is 7.89. The molecule has 1 saturated heterocycles. The highest BCUT2D eigenvalue weighted by atomic mass is 35.5. The van der Waals surface area contributed by atoms with Gasteiger partial charge in [0.1, 0.15) is 11.5 Å². The predicted molar refractivity (Wildman–Crippen MR) is 96.7 cm³/mol. The third-order valence-electron chi connectivity index (χ3n) is 4.98. The maximum atomic E-state index is 12.8. The molecule has 1 aliphatic rings. The molecule has 0 N–H and O–H groups in total. The average Bonchev–Trinajstić information content (AvgIpc) is 3.21. The van der Waals surface area contributed by atoms with Crippen LogP contribution in [0.25, 0.3) is 5.65 Å². The van der Waals surface area contributed by atoms with E-state index in [4.69, 9.17) is 11.6 Å². The van der Waals surface area contributed by atoms with Crippen molar-refractivity contribution < 1.29 is 8.42 Å². The summed E-state index contributed by atoms with van der Waals surface area (Å²) in [6.07, 6.45) is 6.43. The van der Waals surface area contributed by atoms with Crippen LogP contribution in [0.15, 0.2) is 29.9 Å². The molecule has 4 rings (SSSR count). The van der Waals surface area contributed by atoms with Crippen molar-refractivity contribution in [2.24, 2.45) is 7.05 Å². The Morgan fingerprint density at radius 2 is 1.96 bits per heavy atom. The van der Waals surface area contributed by atoms with E-state index in [1.165, 1.54) is 27.1 Å². The Hall–Kier alpha value is -1.97. The van der Waals surface area contributed by atoms with E-state index in [0.29, 0.717) is 13.1 Å². The summed E-state index contributed by atoms with van der Waals surface area (Å²) < 4.78 is 30.4. The lowest BCUT2D eigenvalue weighted by Crippen LogP contribution is -2.38. The first kappa shape index (κ1) is 17.4. The summed E-state index contributed by atoms with van der Waals surface area (Å²) in [4.78, 5) is 8.16. The van der Waals surface area contributed by atoms with Gasteiger partial charge in [0.05, 0.1) is 6.33 Å². The number of sulfonamides is 1. The molecule has 0 atom stereocenters. The number of hydrogen-bond donors (Lipinski definition) is 0. The zero-order chi connectivity index (χ0) is 18.5. The van der Waals surface area contributed by atoms with Gasteiger partial charge < -0.3 is 4.57 Å². The van der Waals surface area contributed by atoms with Crippen LogP contribution < -0.4 is 0 Å². The topological polar surface area (TPSA) is 85.4 Å². The largest absolute Gasteiger partial charge is 0.324 e. The molecule has 4 heterocycles. The van der Waals surface area contributed by atoms with E-state index < -0.39 is 10.0 Å². The lowest BCUT2D eigenvalue weighted by molar-refractivity contribution is 0.318. The normalized spacial score (nSPS) is 17.2. The number of aromatic nitrogens is 5. The van der Waals surface area contributed by atoms with Crippen molar-refractivity contribution in [2.75, 3.05) is 13.1 Å². The van der Waals surface area contributed by atoms with E-state index in [2.05, 4.69) is 22.0 Å². The van der Waals surface area contributed by atoms with Gasteiger partial charge in [-0.2, -0.15) is 9.40 Å². The van der Waals surface area contributed by atoms with Crippen LogP contribution >= 0.6 is 11.6 Å². The first-order valence-electron chi connectivity index (χ1n) is 8.35. The van der Waals surface area contributed by atoms with Gasteiger partial charge in [-0.15, -0.1) is 0 Å².